The summed E-state index contributed by atoms with van der Waals surface area (Å²) >= 11 is 0. The highest BCUT2D eigenvalue weighted by Gasteiger charge is 2.56. The summed E-state index contributed by atoms with van der Waals surface area (Å²) in [7, 11) is -3.55. The fourth-order valence-electron chi connectivity index (χ4n) is 3.41. The molecule has 3 aromatic rings. The summed E-state index contributed by atoms with van der Waals surface area (Å²) in [5, 5.41) is 0. The standard InChI is InChI=1S/C22H21NO2S/c1-16-8-12-19(13-9-16)22-21(18-6-4-3-5-7-18)23(22)26(24,25)20-14-10-17(2)11-15-20/h3-15,21-22H,1-2H3. The van der Waals surface area contributed by atoms with Crippen LogP contribution >= 0.6 is 0 Å². The Hall–Kier alpha value is -2.43. The molecule has 0 radical (unpaired) electrons. The van der Waals surface area contributed by atoms with E-state index in [1.165, 1.54) is 5.56 Å². The van der Waals surface area contributed by atoms with Crippen molar-refractivity contribution >= 4 is 10.0 Å². The molecule has 0 aliphatic carbocycles. The second-order valence-corrected chi connectivity index (χ2v) is 8.70. The first-order chi connectivity index (χ1) is 12.5. The highest BCUT2D eigenvalue weighted by molar-refractivity contribution is 7.89. The lowest BCUT2D eigenvalue weighted by atomic mass is 10.0. The number of hydrogen-bond donors (Lipinski definition) is 0. The highest BCUT2D eigenvalue weighted by atomic mass is 32.2. The van der Waals surface area contributed by atoms with E-state index >= 15 is 0 Å². The second-order valence-electron chi connectivity index (χ2n) is 6.86. The maximum atomic E-state index is 13.3. The zero-order chi connectivity index (χ0) is 18.3. The van der Waals surface area contributed by atoms with E-state index < -0.39 is 10.0 Å². The summed E-state index contributed by atoms with van der Waals surface area (Å²) in [6, 6.07) is 24.7. The average Bonchev–Trinajstić information content (AvgIpc) is 3.40. The Morgan fingerprint density at radius 1 is 0.654 bits per heavy atom. The van der Waals surface area contributed by atoms with Crippen molar-refractivity contribution in [2.24, 2.45) is 0 Å². The molecule has 3 atom stereocenters. The molecule has 0 bridgehead atoms. The summed E-state index contributed by atoms with van der Waals surface area (Å²) in [6.07, 6.45) is 0. The van der Waals surface area contributed by atoms with Crippen molar-refractivity contribution in [3.05, 3.63) is 101 Å². The molecule has 1 heterocycles. The van der Waals surface area contributed by atoms with Gasteiger partial charge in [0.15, 0.2) is 0 Å². The van der Waals surface area contributed by atoms with E-state index in [4.69, 9.17) is 0 Å². The van der Waals surface area contributed by atoms with E-state index in [2.05, 4.69) is 0 Å². The van der Waals surface area contributed by atoms with Gasteiger partial charge in [0, 0.05) is 0 Å². The number of benzene rings is 3. The zero-order valence-electron chi connectivity index (χ0n) is 14.8. The number of hydrogen-bond acceptors (Lipinski definition) is 2. The molecule has 0 saturated carbocycles. The fraction of sp³-hybridized carbons (Fsp3) is 0.182. The van der Waals surface area contributed by atoms with Crippen molar-refractivity contribution < 1.29 is 8.42 Å². The lowest BCUT2D eigenvalue weighted by molar-refractivity contribution is 0.547. The van der Waals surface area contributed by atoms with Crippen LogP contribution in [0.5, 0.6) is 0 Å². The minimum absolute atomic E-state index is 0.162. The zero-order valence-corrected chi connectivity index (χ0v) is 15.6. The first kappa shape index (κ1) is 17.0. The van der Waals surface area contributed by atoms with Crippen LogP contribution in [0.4, 0.5) is 0 Å². The predicted molar refractivity (Wildman–Crippen MR) is 103 cm³/mol. The molecule has 4 heteroatoms. The molecule has 3 aromatic carbocycles. The molecule has 0 N–H and O–H groups in total. The van der Waals surface area contributed by atoms with E-state index in [-0.39, 0.29) is 12.1 Å². The maximum absolute atomic E-state index is 13.3. The van der Waals surface area contributed by atoms with Gasteiger partial charge in [-0.2, -0.15) is 4.31 Å². The van der Waals surface area contributed by atoms with Crippen LogP contribution in [0.3, 0.4) is 0 Å². The van der Waals surface area contributed by atoms with E-state index in [0.717, 1.165) is 16.7 Å². The van der Waals surface area contributed by atoms with Gasteiger partial charge in [-0.05, 0) is 37.1 Å². The van der Waals surface area contributed by atoms with Crippen molar-refractivity contribution in [2.75, 3.05) is 0 Å². The Labute approximate surface area is 155 Å². The van der Waals surface area contributed by atoms with Crippen LogP contribution < -0.4 is 0 Å². The van der Waals surface area contributed by atoms with Gasteiger partial charge in [0.25, 0.3) is 0 Å². The Morgan fingerprint density at radius 2 is 1.12 bits per heavy atom. The molecule has 26 heavy (non-hydrogen) atoms. The molecule has 0 amide bonds. The van der Waals surface area contributed by atoms with Crippen LogP contribution in [0.2, 0.25) is 0 Å². The number of sulfonamides is 1. The monoisotopic (exact) mass is 363 g/mol. The molecule has 4 rings (SSSR count). The van der Waals surface area contributed by atoms with Crippen LogP contribution in [0, 0.1) is 13.8 Å². The number of nitrogens with zero attached hydrogens (tertiary/aromatic N) is 1. The van der Waals surface area contributed by atoms with Crippen LogP contribution in [-0.4, -0.2) is 12.7 Å². The van der Waals surface area contributed by atoms with Gasteiger partial charge < -0.3 is 0 Å². The van der Waals surface area contributed by atoms with E-state index in [1.54, 1.807) is 16.4 Å². The van der Waals surface area contributed by atoms with Crippen molar-refractivity contribution in [2.45, 2.75) is 30.8 Å². The predicted octanol–water partition coefficient (Wildman–Crippen LogP) is 4.79. The third-order valence-electron chi connectivity index (χ3n) is 4.91. The Bertz CT molecular complexity index is 1010. The van der Waals surface area contributed by atoms with Gasteiger partial charge in [0.2, 0.25) is 10.0 Å². The summed E-state index contributed by atoms with van der Waals surface area (Å²) in [4.78, 5) is 0.346. The molecule has 1 saturated heterocycles. The topological polar surface area (TPSA) is 37.1 Å². The molecule has 0 spiro atoms. The Kier molecular flexibility index (Phi) is 4.17. The van der Waals surface area contributed by atoms with Gasteiger partial charge in [0.1, 0.15) is 0 Å². The molecular weight excluding hydrogens is 342 g/mol. The summed E-state index contributed by atoms with van der Waals surface area (Å²) in [5.74, 6) is 0. The van der Waals surface area contributed by atoms with Crippen LogP contribution in [-0.2, 0) is 10.0 Å². The van der Waals surface area contributed by atoms with Crippen molar-refractivity contribution in [1.82, 2.24) is 4.31 Å². The number of rotatable bonds is 4. The van der Waals surface area contributed by atoms with Crippen LogP contribution in [0.1, 0.15) is 34.3 Å². The smallest absolute Gasteiger partial charge is 0.207 e. The molecule has 132 valence electrons. The van der Waals surface area contributed by atoms with E-state index in [9.17, 15) is 8.42 Å². The molecule has 1 aliphatic heterocycles. The van der Waals surface area contributed by atoms with Gasteiger partial charge in [-0.3, -0.25) is 0 Å². The van der Waals surface area contributed by atoms with Crippen molar-refractivity contribution in [3.8, 4) is 0 Å². The third kappa shape index (κ3) is 2.96. The minimum Gasteiger partial charge on any atom is -0.207 e. The average molecular weight is 363 g/mol. The highest BCUT2D eigenvalue weighted by Crippen LogP contribution is 2.57. The largest absolute Gasteiger partial charge is 0.244 e. The van der Waals surface area contributed by atoms with Crippen molar-refractivity contribution in [3.63, 3.8) is 0 Å². The van der Waals surface area contributed by atoms with Crippen LogP contribution in [0.15, 0.2) is 83.8 Å². The minimum atomic E-state index is -3.55. The molecule has 1 aliphatic rings. The molecule has 3 nitrogen and oxygen atoms in total. The van der Waals surface area contributed by atoms with E-state index in [1.807, 2.05) is 80.6 Å². The summed E-state index contributed by atoms with van der Waals surface area (Å²) in [6.45, 7) is 3.99. The van der Waals surface area contributed by atoms with Gasteiger partial charge in [-0.25, -0.2) is 8.42 Å². The third-order valence-corrected chi connectivity index (χ3v) is 6.79. The summed E-state index contributed by atoms with van der Waals surface area (Å²) < 4.78 is 28.2. The summed E-state index contributed by atoms with van der Waals surface area (Å²) in [5.41, 5.74) is 4.26. The first-order valence-electron chi connectivity index (χ1n) is 8.70. The van der Waals surface area contributed by atoms with Gasteiger partial charge in [0.05, 0.1) is 17.0 Å². The lowest BCUT2D eigenvalue weighted by Crippen LogP contribution is -2.13. The molecule has 3 unspecified atom stereocenters. The molecule has 0 aromatic heterocycles. The fourth-order valence-corrected chi connectivity index (χ4v) is 5.16. The Morgan fingerprint density at radius 3 is 1.65 bits per heavy atom. The van der Waals surface area contributed by atoms with Gasteiger partial charge >= 0.3 is 0 Å². The van der Waals surface area contributed by atoms with Crippen molar-refractivity contribution in [1.29, 1.82) is 0 Å². The quantitative estimate of drug-likeness (QED) is 0.625. The van der Waals surface area contributed by atoms with Gasteiger partial charge in [-0.15, -0.1) is 0 Å². The van der Waals surface area contributed by atoms with Crippen LogP contribution in [0.25, 0.3) is 0 Å². The molecular formula is C22H21NO2S. The Balaban J connectivity index is 1.76. The second kappa shape index (κ2) is 6.38. The SMILES string of the molecule is Cc1ccc(C2C(c3ccccc3)N2S(=O)(=O)c2ccc(C)cc2)cc1. The number of aryl methyl sites for hydroxylation is 2. The van der Waals surface area contributed by atoms with E-state index in [0.29, 0.717) is 4.90 Å². The lowest BCUT2D eigenvalue weighted by Gasteiger charge is -2.08. The maximum Gasteiger partial charge on any atom is 0.244 e. The van der Waals surface area contributed by atoms with Gasteiger partial charge in [-0.1, -0.05) is 77.9 Å². The molecule has 1 fully saturated rings. The first-order valence-corrected chi connectivity index (χ1v) is 10.1. The normalized spacial score (nSPS) is 22.2.